The van der Waals surface area contributed by atoms with E-state index in [1.54, 1.807) is 0 Å². The van der Waals surface area contributed by atoms with Crippen molar-refractivity contribution < 1.29 is 9.53 Å². The van der Waals surface area contributed by atoms with E-state index in [2.05, 4.69) is 6.92 Å². The maximum absolute atomic E-state index is 12.2. The van der Waals surface area contributed by atoms with Gasteiger partial charge in [-0.15, -0.1) is 0 Å². The predicted molar refractivity (Wildman–Crippen MR) is 64.0 cm³/mol. The van der Waals surface area contributed by atoms with Crippen LogP contribution in [-0.4, -0.2) is 42.1 Å². The van der Waals surface area contributed by atoms with Crippen LogP contribution in [0.5, 0.6) is 0 Å². The fourth-order valence-electron chi connectivity index (χ4n) is 1.90. The number of carbonyl (C=O) groups is 1. The number of morpholine rings is 1. The number of ether oxygens (including phenoxy) is 1. The van der Waals surface area contributed by atoms with E-state index in [1.165, 1.54) is 0 Å². The molecule has 1 fully saturated rings. The zero-order chi connectivity index (χ0) is 12.3. The Hall–Kier alpha value is -0.610. The van der Waals surface area contributed by atoms with Crippen molar-refractivity contribution in [3.63, 3.8) is 0 Å². The van der Waals surface area contributed by atoms with Crippen molar-refractivity contribution in [2.45, 2.75) is 52.3 Å². The summed E-state index contributed by atoms with van der Waals surface area (Å²) in [5.41, 5.74) is 5.98. The first kappa shape index (κ1) is 13.5. The molecular formula is C12H24N2O2. The van der Waals surface area contributed by atoms with Crippen molar-refractivity contribution in [2.24, 2.45) is 11.7 Å². The van der Waals surface area contributed by atoms with Crippen molar-refractivity contribution in [2.75, 3.05) is 13.2 Å². The lowest BCUT2D eigenvalue weighted by Gasteiger charge is -2.38. The van der Waals surface area contributed by atoms with Gasteiger partial charge in [-0.25, -0.2) is 0 Å². The highest BCUT2D eigenvalue weighted by Crippen LogP contribution is 2.15. The van der Waals surface area contributed by atoms with Crippen molar-refractivity contribution >= 4 is 5.91 Å². The van der Waals surface area contributed by atoms with E-state index in [-0.39, 0.29) is 30.0 Å². The molecule has 1 aliphatic heterocycles. The maximum atomic E-state index is 12.2. The topological polar surface area (TPSA) is 55.6 Å². The Labute approximate surface area is 98.1 Å². The van der Waals surface area contributed by atoms with E-state index in [0.717, 1.165) is 6.42 Å². The van der Waals surface area contributed by atoms with Crippen LogP contribution in [0.15, 0.2) is 0 Å². The molecule has 4 nitrogen and oxygen atoms in total. The standard InChI is InChI=1S/C12H24N2O2/c1-5-8(2)11(13)12(15)14-6-10(4)16-7-9(14)3/h8-11H,5-7,13H2,1-4H3/t8-,9?,10?,11-/m0/s1. The van der Waals surface area contributed by atoms with Crippen LogP contribution >= 0.6 is 0 Å². The maximum Gasteiger partial charge on any atom is 0.240 e. The number of carbonyl (C=O) groups excluding carboxylic acids is 1. The van der Waals surface area contributed by atoms with E-state index < -0.39 is 0 Å². The first-order valence-corrected chi connectivity index (χ1v) is 6.15. The summed E-state index contributed by atoms with van der Waals surface area (Å²) in [7, 11) is 0. The molecular weight excluding hydrogens is 204 g/mol. The van der Waals surface area contributed by atoms with E-state index in [4.69, 9.17) is 10.5 Å². The summed E-state index contributed by atoms with van der Waals surface area (Å²) in [6.45, 7) is 9.35. The van der Waals surface area contributed by atoms with Crippen LogP contribution in [0.25, 0.3) is 0 Å². The minimum atomic E-state index is -0.377. The van der Waals surface area contributed by atoms with Crippen molar-refractivity contribution in [1.82, 2.24) is 4.90 Å². The normalized spacial score (nSPS) is 29.9. The van der Waals surface area contributed by atoms with Gasteiger partial charge in [0, 0.05) is 6.54 Å². The molecule has 1 rings (SSSR count). The third-order valence-electron chi connectivity index (χ3n) is 3.43. The second-order valence-electron chi connectivity index (χ2n) is 4.89. The number of rotatable bonds is 3. The average molecular weight is 228 g/mol. The largest absolute Gasteiger partial charge is 0.375 e. The highest BCUT2D eigenvalue weighted by atomic mass is 16.5. The number of hydrogen-bond acceptors (Lipinski definition) is 3. The van der Waals surface area contributed by atoms with Gasteiger partial charge in [0.15, 0.2) is 0 Å². The van der Waals surface area contributed by atoms with Crippen LogP contribution in [0.2, 0.25) is 0 Å². The molecule has 0 bridgehead atoms. The van der Waals surface area contributed by atoms with E-state index in [9.17, 15) is 4.79 Å². The molecule has 1 aliphatic rings. The van der Waals surface area contributed by atoms with Crippen molar-refractivity contribution in [3.8, 4) is 0 Å². The molecule has 0 radical (unpaired) electrons. The van der Waals surface area contributed by atoms with Crippen LogP contribution in [0.4, 0.5) is 0 Å². The van der Waals surface area contributed by atoms with Crippen LogP contribution in [0.3, 0.4) is 0 Å². The van der Waals surface area contributed by atoms with E-state index >= 15 is 0 Å². The summed E-state index contributed by atoms with van der Waals surface area (Å²) in [5, 5.41) is 0. The van der Waals surface area contributed by atoms with E-state index in [0.29, 0.717) is 13.2 Å². The Morgan fingerprint density at radius 2 is 2.19 bits per heavy atom. The molecule has 0 aromatic carbocycles. The Morgan fingerprint density at radius 3 is 2.75 bits per heavy atom. The Morgan fingerprint density at radius 1 is 1.56 bits per heavy atom. The molecule has 0 saturated carbocycles. The van der Waals surface area contributed by atoms with Gasteiger partial charge in [0.05, 0.1) is 24.8 Å². The summed E-state index contributed by atoms with van der Waals surface area (Å²) < 4.78 is 5.50. The first-order chi connectivity index (χ1) is 7.47. The predicted octanol–water partition coefficient (Wildman–Crippen LogP) is 0.996. The number of nitrogens with two attached hydrogens (primary N) is 1. The number of hydrogen-bond donors (Lipinski definition) is 1. The minimum absolute atomic E-state index is 0.0667. The van der Waals surface area contributed by atoms with Gasteiger partial charge in [-0.1, -0.05) is 20.3 Å². The molecule has 0 spiro atoms. The smallest absolute Gasteiger partial charge is 0.240 e. The second-order valence-corrected chi connectivity index (χ2v) is 4.89. The Balaban J connectivity index is 2.64. The fourth-order valence-corrected chi connectivity index (χ4v) is 1.90. The van der Waals surface area contributed by atoms with Crippen LogP contribution < -0.4 is 5.73 Å². The van der Waals surface area contributed by atoms with Gasteiger partial charge < -0.3 is 15.4 Å². The highest BCUT2D eigenvalue weighted by molar-refractivity contribution is 5.82. The fraction of sp³-hybridized carbons (Fsp3) is 0.917. The minimum Gasteiger partial charge on any atom is -0.375 e. The molecule has 4 atom stereocenters. The second kappa shape index (κ2) is 5.64. The lowest BCUT2D eigenvalue weighted by atomic mass is 9.98. The van der Waals surface area contributed by atoms with Crippen LogP contribution in [-0.2, 0) is 9.53 Å². The van der Waals surface area contributed by atoms with Gasteiger partial charge in [0.2, 0.25) is 5.91 Å². The average Bonchev–Trinajstić information content (AvgIpc) is 2.29. The molecule has 2 unspecified atom stereocenters. The number of nitrogens with zero attached hydrogens (tertiary/aromatic N) is 1. The lowest BCUT2D eigenvalue weighted by Crippen LogP contribution is -2.56. The molecule has 0 aliphatic carbocycles. The quantitative estimate of drug-likeness (QED) is 0.784. The zero-order valence-corrected chi connectivity index (χ0v) is 10.8. The monoisotopic (exact) mass is 228 g/mol. The molecule has 4 heteroatoms. The lowest BCUT2D eigenvalue weighted by molar-refractivity contribution is -0.145. The third-order valence-corrected chi connectivity index (χ3v) is 3.43. The molecule has 1 saturated heterocycles. The summed E-state index contributed by atoms with van der Waals surface area (Å²) >= 11 is 0. The Kier molecular flexibility index (Phi) is 4.74. The van der Waals surface area contributed by atoms with Gasteiger partial charge in [-0.05, 0) is 19.8 Å². The SMILES string of the molecule is CC[C@H](C)[C@H](N)C(=O)N1CC(C)OCC1C. The molecule has 94 valence electrons. The Bertz CT molecular complexity index is 245. The van der Waals surface area contributed by atoms with Gasteiger partial charge >= 0.3 is 0 Å². The third kappa shape index (κ3) is 2.95. The first-order valence-electron chi connectivity index (χ1n) is 6.15. The summed E-state index contributed by atoms with van der Waals surface area (Å²) in [4.78, 5) is 14.1. The van der Waals surface area contributed by atoms with Gasteiger partial charge in [-0.2, -0.15) is 0 Å². The van der Waals surface area contributed by atoms with Crippen LogP contribution in [0, 0.1) is 5.92 Å². The zero-order valence-electron chi connectivity index (χ0n) is 10.8. The highest BCUT2D eigenvalue weighted by Gasteiger charge is 2.32. The van der Waals surface area contributed by atoms with Gasteiger partial charge in [0.1, 0.15) is 0 Å². The molecule has 0 aromatic heterocycles. The molecule has 0 aromatic rings. The van der Waals surface area contributed by atoms with Gasteiger partial charge in [-0.3, -0.25) is 4.79 Å². The van der Waals surface area contributed by atoms with Crippen LogP contribution in [0.1, 0.15) is 34.1 Å². The molecule has 16 heavy (non-hydrogen) atoms. The van der Waals surface area contributed by atoms with Crippen molar-refractivity contribution in [3.05, 3.63) is 0 Å². The summed E-state index contributed by atoms with van der Waals surface area (Å²) in [6.07, 6.45) is 1.05. The summed E-state index contributed by atoms with van der Waals surface area (Å²) in [6, 6.07) is -0.239. The van der Waals surface area contributed by atoms with Gasteiger partial charge in [0.25, 0.3) is 0 Å². The summed E-state index contributed by atoms with van der Waals surface area (Å²) in [5.74, 6) is 0.301. The van der Waals surface area contributed by atoms with Crippen molar-refractivity contribution in [1.29, 1.82) is 0 Å². The molecule has 2 N–H and O–H groups in total. The molecule has 1 heterocycles. The van der Waals surface area contributed by atoms with E-state index in [1.807, 2.05) is 25.7 Å². The number of amides is 1. The molecule has 1 amide bonds.